The number of likely N-dealkylation sites (tertiary alicyclic amines) is 2. The van der Waals surface area contributed by atoms with Gasteiger partial charge in [-0.1, -0.05) is 54.6 Å². The summed E-state index contributed by atoms with van der Waals surface area (Å²) in [4.78, 5) is 31.7. The summed E-state index contributed by atoms with van der Waals surface area (Å²) in [6, 6.07) is 18.7. The van der Waals surface area contributed by atoms with Gasteiger partial charge in [0.25, 0.3) is 0 Å². The van der Waals surface area contributed by atoms with Crippen LogP contribution in [0, 0.1) is 5.41 Å². The molecule has 3 aliphatic rings. The van der Waals surface area contributed by atoms with E-state index in [2.05, 4.69) is 52.7 Å². The average Bonchev–Trinajstić information content (AvgIpc) is 3.43. The van der Waals surface area contributed by atoms with Crippen molar-refractivity contribution in [2.45, 2.75) is 32.4 Å². The molecule has 2 aromatic rings. The zero-order chi connectivity index (χ0) is 22.0. The Labute approximate surface area is 190 Å². The molecule has 3 aliphatic heterocycles. The van der Waals surface area contributed by atoms with Crippen molar-refractivity contribution in [2.75, 3.05) is 39.3 Å². The molecule has 2 aromatic carbocycles. The first kappa shape index (κ1) is 21.0. The van der Waals surface area contributed by atoms with E-state index in [1.54, 1.807) is 4.90 Å². The van der Waals surface area contributed by atoms with Crippen LogP contribution in [0.15, 0.2) is 54.6 Å². The predicted octanol–water partition coefficient (Wildman–Crippen LogP) is 2.88. The number of benzene rings is 2. The second-order valence-electron chi connectivity index (χ2n) is 9.61. The molecule has 0 saturated carbocycles. The minimum absolute atomic E-state index is 0.0362. The van der Waals surface area contributed by atoms with Crippen LogP contribution in [-0.2, 0) is 24.3 Å². The van der Waals surface area contributed by atoms with E-state index >= 15 is 0 Å². The molecule has 0 aliphatic carbocycles. The number of carbonyl (C=O) groups excluding carboxylic acids is 2. The van der Waals surface area contributed by atoms with Gasteiger partial charge in [-0.05, 0) is 42.5 Å². The monoisotopic (exact) mass is 432 g/mol. The fraction of sp³-hybridized carbons (Fsp3) is 0.462. The summed E-state index contributed by atoms with van der Waals surface area (Å²) in [5.74, 6) is 0.0362. The molecule has 0 aromatic heterocycles. The van der Waals surface area contributed by atoms with E-state index in [1.807, 2.05) is 17.0 Å². The number of nitrogens with zero attached hydrogens (tertiary/aromatic N) is 3. The second kappa shape index (κ2) is 8.94. The molecule has 168 valence electrons. The SMILES string of the molecule is O=C(CNC(=O)N1CCc2ccccc2C1)N1CCC2(CCN(Cc3ccccc3)C2)C1. The summed E-state index contributed by atoms with van der Waals surface area (Å²) in [6.07, 6.45) is 3.07. The molecule has 1 atom stereocenters. The Morgan fingerprint density at radius 1 is 0.844 bits per heavy atom. The summed E-state index contributed by atoms with van der Waals surface area (Å²) in [6.45, 7) is 6.11. The van der Waals surface area contributed by atoms with Gasteiger partial charge in [-0.15, -0.1) is 0 Å². The zero-order valence-electron chi connectivity index (χ0n) is 18.6. The maximum atomic E-state index is 12.8. The van der Waals surface area contributed by atoms with Crippen molar-refractivity contribution in [1.82, 2.24) is 20.0 Å². The van der Waals surface area contributed by atoms with Crippen LogP contribution < -0.4 is 5.32 Å². The highest BCUT2D eigenvalue weighted by Crippen LogP contribution is 2.39. The summed E-state index contributed by atoms with van der Waals surface area (Å²) in [5, 5.41) is 2.87. The molecule has 3 amide bonds. The topological polar surface area (TPSA) is 55.9 Å². The van der Waals surface area contributed by atoms with Gasteiger partial charge in [-0.3, -0.25) is 9.69 Å². The lowest BCUT2D eigenvalue weighted by molar-refractivity contribution is -0.129. The molecule has 6 heteroatoms. The lowest BCUT2D eigenvalue weighted by atomic mass is 9.86. The summed E-state index contributed by atoms with van der Waals surface area (Å²) < 4.78 is 0. The number of urea groups is 1. The molecule has 1 unspecified atom stereocenters. The Hall–Kier alpha value is -2.86. The first-order valence-corrected chi connectivity index (χ1v) is 11.7. The van der Waals surface area contributed by atoms with Gasteiger partial charge in [0.2, 0.25) is 5.91 Å². The highest BCUT2D eigenvalue weighted by Gasteiger charge is 2.44. The molecule has 0 bridgehead atoms. The van der Waals surface area contributed by atoms with E-state index in [4.69, 9.17) is 0 Å². The number of carbonyl (C=O) groups is 2. The highest BCUT2D eigenvalue weighted by molar-refractivity contribution is 5.84. The molecule has 1 N–H and O–H groups in total. The molecule has 2 fully saturated rings. The van der Waals surface area contributed by atoms with E-state index in [1.165, 1.54) is 16.7 Å². The van der Waals surface area contributed by atoms with Gasteiger partial charge in [0.15, 0.2) is 0 Å². The van der Waals surface area contributed by atoms with E-state index in [0.717, 1.165) is 52.0 Å². The van der Waals surface area contributed by atoms with Crippen LogP contribution in [0.2, 0.25) is 0 Å². The van der Waals surface area contributed by atoms with Crippen molar-refractivity contribution in [3.63, 3.8) is 0 Å². The third-order valence-electron chi connectivity index (χ3n) is 7.37. The van der Waals surface area contributed by atoms with Gasteiger partial charge in [0.1, 0.15) is 0 Å². The fourth-order valence-corrected chi connectivity index (χ4v) is 5.53. The van der Waals surface area contributed by atoms with Crippen LogP contribution in [-0.4, -0.2) is 65.9 Å². The summed E-state index contributed by atoms with van der Waals surface area (Å²) in [5.41, 5.74) is 4.07. The number of hydrogen-bond acceptors (Lipinski definition) is 3. The first-order chi connectivity index (χ1) is 15.6. The Morgan fingerprint density at radius 3 is 2.44 bits per heavy atom. The van der Waals surface area contributed by atoms with Crippen LogP contribution >= 0.6 is 0 Å². The third kappa shape index (κ3) is 4.51. The normalized spacial score (nSPS) is 22.9. The second-order valence-corrected chi connectivity index (χ2v) is 9.61. The minimum Gasteiger partial charge on any atom is -0.341 e. The van der Waals surface area contributed by atoms with Crippen molar-refractivity contribution in [1.29, 1.82) is 0 Å². The number of amides is 3. The molecule has 5 rings (SSSR count). The zero-order valence-corrected chi connectivity index (χ0v) is 18.6. The van der Waals surface area contributed by atoms with Gasteiger partial charge < -0.3 is 15.1 Å². The molecule has 3 heterocycles. The lowest BCUT2D eigenvalue weighted by Gasteiger charge is -2.29. The standard InChI is InChI=1S/C26H32N4O2/c31-24(16-27-25(32)29-13-10-22-8-4-5-9-23(22)18-29)30-15-12-26(20-30)11-14-28(19-26)17-21-6-2-1-3-7-21/h1-9H,10-20H2,(H,27,32). The molecular weight excluding hydrogens is 400 g/mol. The van der Waals surface area contributed by atoms with Crippen LogP contribution in [0.3, 0.4) is 0 Å². The maximum Gasteiger partial charge on any atom is 0.318 e. The van der Waals surface area contributed by atoms with Crippen molar-refractivity contribution >= 4 is 11.9 Å². The number of hydrogen-bond donors (Lipinski definition) is 1. The number of rotatable bonds is 4. The largest absolute Gasteiger partial charge is 0.341 e. The van der Waals surface area contributed by atoms with Gasteiger partial charge in [0, 0.05) is 44.7 Å². The summed E-state index contributed by atoms with van der Waals surface area (Å²) in [7, 11) is 0. The van der Waals surface area contributed by atoms with Gasteiger partial charge >= 0.3 is 6.03 Å². The van der Waals surface area contributed by atoms with E-state index in [0.29, 0.717) is 13.1 Å². The Balaban J connectivity index is 1.09. The number of fused-ring (bicyclic) bond motifs is 1. The fourth-order valence-electron chi connectivity index (χ4n) is 5.53. The van der Waals surface area contributed by atoms with Gasteiger partial charge in [0.05, 0.1) is 6.54 Å². The Kier molecular flexibility index (Phi) is 5.87. The maximum absolute atomic E-state index is 12.8. The molecule has 2 saturated heterocycles. The Bertz CT molecular complexity index is 979. The Morgan fingerprint density at radius 2 is 1.59 bits per heavy atom. The van der Waals surface area contributed by atoms with Crippen LogP contribution in [0.4, 0.5) is 4.79 Å². The smallest absolute Gasteiger partial charge is 0.318 e. The van der Waals surface area contributed by atoms with Crippen molar-refractivity contribution in [3.05, 3.63) is 71.3 Å². The van der Waals surface area contributed by atoms with E-state index in [9.17, 15) is 9.59 Å². The lowest BCUT2D eigenvalue weighted by Crippen LogP contribution is -2.47. The van der Waals surface area contributed by atoms with Gasteiger partial charge in [-0.25, -0.2) is 4.79 Å². The van der Waals surface area contributed by atoms with Crippen LogP contribution in [0.25, 0.3) is 0 Å². The highest BCUT2D eigenvalue weighted by atomic mass is 16.2. The average molecular weight is 433 g/mol. The molecule has 0 radical (unpaired) electrons. The van der Waals surface area contributed by atoms with E-state index < -0.39 is 0 Å². The molecule has 32 heavy (non-hydrogen) atoms. The quantitative estimate of drug-likeness (QED) is 0.808. The molecular formula is C26H32N4O2. The van der Waals surface area contributed by atoms with Gasteiger partial charge in [-0.2, -0.15) is 0 Å². The predicted molar refractivity (Wildman–Crippen MR) is 124 cm³/mol. The summed E-state index contributed by atoms with van der Waals surface area (Å²) >= 11 is 0. The van der Waals surface area contributed by atoms with Crippen molar-refractivity contribution in [3.8, 4) is 0 Å². The molecule has 1 spiro atoms. The minimum atomic E-state index is -0.142. The third-order valence-corrected chi connectivity index (χ3v) is 7.37. The van der Waals surface area contributed by atoms with Crippen molar-refractivity contribution in [2.24, 2.45) is 5.41 Å². The van der Waals surface area contributed by atoms with Crippen molar-refractivity contribution < 1.29 is 9.59 Å². The van der Waals surface area contributed by atoms with E-state index in [-0.39, 0.29) is 23.9 Å². The number of nitrogens with one attached hydrogen (secondary N) is 1. The van der Waals surface area contributed by atoms with Crippen LogP contribution in [0.1, 0.15) is 29.5 Å². The first-order valence-electron chi connectivity index (χ1n) is 11.7. The van der Waals surface area contributed by atoms with Crippen LogP contribution in [0.5, 0.6) is 0 Å². The molecule has 6 nitrogen and oxygen atoms in total.